The maximum atomic E-state index is 13.5. The summed E-state index contributed by atoms with van der Waals surface area (Å²) in [5.74, 6) is -0.882. The second-order valence-electron chi connectivity index (χ2n) is 9.27. The maximum absolute atomic E-state index is 13.5. The number of hydrogen-bond acceptors (Lipinski definition) is 4. The highest BCUT2D eigenvalue weighted by Gasteiger charge is 2.31. The van der Waals surface area contributed by atoms with Gasteiger partial charge in [0.2, 0.25) is 21.8 Å². The molecule has 0 aromatic heterocycles. The van der Waals surface area contributed by atoms with Crippen molar-refractivity contribution in [3.8, 4) is 0 Å². The van der Waals surface area contributed by atoms with Crippen LogP contribution >= 0.6 is 23.2 Å². The van der Waals surface area contributed by atoms with Crippen LogP contribution in [0, 0.1) is 6.92 Å². The summed E-state index contributed by atoms with van der Waals surface area (Å²) in [6.45, 7) is 8.46. The number of nitrogens with one attached hydrogen (secondary N) is 1. The Bertz CT molecular complexity index is 1160. The van der Waals surface area contributed by atoms with Gasteiger partial charge >= 0.3 is 0 Å². The van der Waals surface area contributed by atoms with E-state index in [2.05, 4.69) is 5.32 Å². The van der Waals surface area contributed by atoms with Gasteiger partial charge in [-0.05, 0) is 76.1 Å². The molecule has 2 rings (SSSR count). The fourth-order valence-electron chi connectivity index (χ4n) is 3.38. The SMILES string of the molecule is Cc1cc(Cl)ccc1N(CC(=O)N(Cc1cccc(Cl)c1)[C@H](C)C(=O)NC(C)(C)C)S(C)(=O)=O. The Labute approximate surface area is 212 Å². The highest BCUT2D eigenvalue weighted by Crippen LogP contribution is 2.26. The predicted molar refractivity (Wildman–Crippen MR) is 138 cm³/mol. The predicted octanol–water partition coefficient (Wildman–Crippen LogP) is 4.40. The summed E-state index contributed by atoms with van der Waals surface area (Å²) in [6, 6.07) is 10.8. The van der Waals surface area contributed by atoms with Crippen LogP contribution in [0.5, 0.6) is 0 Å². The van der Waals surface area contributed by atoms with Crippen LogP contribution in [0.2, 0.25) is 10.0 Å². The van der Waals surface area contributed by atoms with Crippen molar-refractivity contribution in [3.05, 3.63) is 63.6 Å². The fraction of sp³-hybridized carbons (Fsp3) is 0.417. The minimum Gasteiger partial charge on any atom is -0.350 e. The third-order valence-electron chi connectivity index (χ3n) is 5.01. The van der Waals surface area contributed by atoms with Crippen molar-refractivity contribution in [2.45, 2.75) is 52.7 Å². The molecule has 0 aliphatic heterocycles. The van der Waals surface area contributed by atoms with Gasteiger partial charge in [-0.2, -0.15) is 0 Å². The van der Waals surface area contributed by atoms with Crippen molar-refractivity contribution in [2.75, 3.05) is 17.1 Å². The standard InChI is InChI=1S/C24H31Cl2N3O4S/c1-16-12-20(26)10-11-21(16)29(34(6,32)33)15-22(30)28(14-18-8-7-9-19(25)13-18)17(2)23(31)27-24(3,4)5/h7-13,17H,14-15H2,1-6H3,(H,27,31)/t17-/m1/s1. The quantitative estimate of drug-likeness (QED) is 0.551. The van der Waals surface area contributed by atoms with Gasteiger partial charge in [-0.1, -0.05) is 35.3 Å². The Morgan fingerprint density at radius 1 is 1.06 bits per heavy atom. The Hall–Kier alpha value is -2.29. The highest BCUT2D eigenvalue weighted by molar-refractivity contribution is 7.92. The molecule has 0 bridgehead atoms. The number of amides is 2. The summed E-state index contributed by atoms with van der Waals surface area (Å²) in [4.78, 5) is 27.8. The number of halogens is 2. The van der Waals surface area contributed by atoms with Gasteiger partial charge < -0.3 is 10.2 Å². The lowest BCUT2D eigenvalue weighted by Gasteiger charge is -2.33. The fourth-order valence-corrected chi connectivity index (χ4v) is 4.73. The maximum Gasteiger partial charge on any atom is 0.244 e. The van der Waals surface area contributed by atoms with Crippen molar-refractivity contribution in [3.63, 3.8) is 0 Å². The van der Waals surface area contributed by atoms with E-state index in [0.717, 1.165) is 10.6 Å². The summed E-state index contributed by atoms with van der Waals surface area (Å²) in [5, 5.41) is 3.82. The Balaban J connectivity index is 2.44. The van der Waals surface area contributed by atoms with Gasteiger partial charge in [-0.3, -0.25) is 13.9 Å². The molecule has 0 saturated carbocycles. The number of sulfonamides is 1. The molecule has 34 heavy (non-hydrogen) atoms. The summed E-state index contributed by atoms with van der Waals surface area (Å²) in [6.07, 6.45) is 1.03. The lowest BCUT2D eigenvalue weighted by Crippen LogP contribution is -2.54. The average Bonchev–Trinajstić information content (AvgIpc) is 2.68. The normalized spacial score (nSPS) is 12.7. The monoisotopic (exact) mass is 527 g/mol. The Kier molecular flexibility index (Phi) is 9.02. The van der Waals surface area contributed by atoms with Crippen LogP contribution in [0.25, 0.3) is 0 Å². The van der Waals surface area contributed by atoms with Gasteiger partial charge in [0.25, 0.3) is 0 Å². The van der Waals surface area contributed by atoms with Crippen LogP contribution < -0.4 is 9.62 Å². The first-order chi connectivity index (χ1) is 15.6. The molecule has 2 aromatic rings. The number of nitrogens with zero attached hydrogens (tertiary/aromatic N) is 2. The smallest absolute Gasteiger partial charge is 0.244 e. The largest absolute Gasteiger partial charge is 0.350 e. The molecule has 10 heteroatoms. The van der Waals surface area contributed by atoms with Crippen molar-refractivity contribution >= 4 is 50.7 Å². The Morgan fingerprint density at radius 2 is 1.68 bits per heavy atom. The summed E-state index contributed by atoms with van der Waals surface area (Å²) in [5.41, 5.74) is 1.15. The number of anilines is 1. The zero-order valence-corrected chi connectivity index (χ0v) is 22.6. The lowest BCUT2D eigenvalue weighted by atomic mass is 10.1. The number of hydrogen-bond donors (Lipinski definition) is 1. The first kappa shape index (κ1) is 28.0. The molecule has 1 atom stereocenters. The second-order valence-corrected chi connectivity index (χ2v) is 12.0. The molecule has 2 aromatic carbocycles. The second kappa shape index (κ2) is 11.0. The van der Waals surface area contributed by atoms with E-state index in [1.165, 1.54) is 4.90 Å². The van der Waals surface area contributed by atoms with Gasteiger partial charge in [-0.25, -0.2) is 8.42 Å². The zero-order valence-electron chi connectivity index (χ0n) is 20.2. The van der Waals surface area contributed by atoms with Crippen molar-refractivity contribution in [2.24, 2.45) is 0 Å². The topological polar surface area (TPSA) is 86.8 Å². The molecule has 0 radical (unpaired) electrons. The van der Waals surface area contributed by atoms with E-state index in [9.17, 15) is 18.0 Å². The van der Waals surface area contributed by atoms with Crippen LogP contribution in [0.3, 0.4) is 0 Å². The summed E-state index contributed by atoms with van der Waals surface area (Å²) in [7, 11) is -3.82. The van der Waals surface area contributed by atoms with Crippen molar-refractivity contribution in [1.29, 1.82) is 0 Å². The molecule has 0 spiro atoms. The molecule has 0 unspecified atom stereocenters. The zero-order chi connectivity index (χ0) is 25.8. The van der Waals surface area contributed by atoms with Gasteiger partial charge in [0.1, 0.15) is 12.6 Å². The summed E-state index contributed by atoms with van der Waals surface area (Å²) >= 11 is 12.1. The van der Waals surface area contributed by atoms with Crippen LogP contribution in [0.1, 0.15) is 38.8 Å². The van der Waals surface area contributed by atoms with Gasteiger partial charge in [0.15, 0.2) is 0 Å². The molecule has 0 fully saturated rings. The van der Waals surface area contributed by atoms with E-state index in [1.807, 2.05) is 20.8 Å². The molecule has 186 valence electrons. The molecule has 0 saturated heterocycles. The van der Waals surface area contributed by atoms with E-state index >= 15 is 0 Å². The Morgan fingerprint density at radius 3 is 2.21 bits per heavy atom. The first-order valence-electron chi connectivity index (χ1n) is 10.7. The minimum atomic E-state index is -3.82. The number of aryl methyl sites for hydroxylation is 1. The third-order valence-corrected chi connectivity index (χ3v) is 6.61. The highest BCUT2D eigenvalue weighted by atomic mass is 35.5. The number of rotatable bonds is 8. The van der Waals surface area contributed by atoms with Crippen LogP contribution in [-0.4, -0.2) is 49.5 Å². The van der Waals surface area contributed by atoms with Gasteiger partial charge in [-0.15, -0.1) is 0 Å². The van der Waals surface area contributed by atoms with E-state index in [0.29, 0.717) is 26.9 Å². The van der Waals surface area contributed by atoms with E-state index in [4.69, 9.17) is 23.2 Å². The molecule has 0 heterocycles. The average molecular weight is 529 g/mol. The van der Waals surface area contributed by atoms with Gasteiger partial charge in [0, 0.05) is 22.1 Å². The first-order valence-corrected chi connectivity index (χ1v) is 13.3. The van der Waals surface area contributed by atoms with E-state index in [-0.39, 0.29) is 12.5 Å². The molecular weight excluding hydrogens is 497 g/mol. The molecule has 2 amide bonds. The number of carbonyl (C=O) groups is 2. The summed E-state index contributed by atoms with van der Waals surface area (Å²) < 4.78 is 26.3. The van der Waals surface area contributed by atoms with Crippen LogP contribution in [0.15, 0.2) is 42.5 Å². The minimum absolute atomic E-state index is 0.0787. The van der Waals surface area contributed by atoms with E-state index in [1.54, 1.807) is 56.3 Å². The van der Waals surface area contributed by atoms with Gasteiger partial charge in [0.05, 0.1) is 11.9 Å². The third kappa shape index (κ3) is 7.89. The molecule has 0 aliphatic carbocycles. The molecule has 1 N–H and O–H groups in total. The van der Waals surface area contributed by atoms with Crippen molar-refractivity contribution < 1.29 is 18.0 Å². The molecule has 7 nitrogen and oxygen atoms in total. The molecular formula is C24H31Cl2N3O4S. The number of carbonyl (C=O) groups excluding carboxylic acids is 2. The lowest BCUT2D eigenvalue weighted by molar-refractivity contribution is -0.140. The van der Waals surface area contributed by atoms with Crippen molar-refractivity contribution in [1.82, 2.24) is 10.2 Å². The van der Waals surface area contributed by atoms with E-state index < -0.39 is 34.1 Å². The molecule has 0 aliphatic rings. The van der Waals surface area contributed by atoms with Crippen LogP contribution in [0.4, 0.5) is 5.69 Å². The van der Waals surface area contributed by atoms with Crippen LogP contribution in [-0.2, 0) is 26.2 Å². The number of benzene rings is 2.